The van der Waals surface area contributed by atoms with Crippen molar-refractivity contribution < 1.29 is 13.2 Å². The van der Waals surface area contributed by atoms with E-state index in [0.717, 1.165) is 18.5 Å². The third-order valence-electron chi connectivity index (χ3n) is 4.50. The van der Waals surface area contributed by atoms with Gasteiger partial charge in [-0.25, -0.2) is 8.42 Å². The van der Waals surface area contributed by atoms with Crippen LogP contribution in [0, 0.1) is 0 Å². The summed E-state index contributed by atoms with van der Waals surface area (Å²) in [7, 11) is -1.96. The fraction of sp³-hybridized carbons (Fsp3) is 0.471. The van der Waals surface area contributed by atoms with Gasteiger partial charge in [-0.2, -0.15) is 4.31 Å². The van der Waals surface area contributed by atoms with Gasteiger partial charge in [-0.1, -0.05) is 18.2 Å². The Hall–Kier alpha value is -1.54. The largest absolute Gasteiger partial charge is 0.379 e. The van der Waals surface area contributed by atoms with Crippen molar-refractivity contribution in [3.05, 3.63) is 36.5 Å². The molecular formula is C17H23N3O3S. The van der Waals surface area contributed by atoms with E-state index in [1.165, 1.54) is 4.31 Å². The van der Waals surface area contributed by atoms with Gasteiger partial charge in [-0.3, -0.25) is 9.88 Å². The van der Waals surface area contributed by atoms with Crippen LogP contribution in [0.3, 0.4) is 0 Å². The minimum Gasteiger partial charge on any atom is -0.379 e. The molecule has 130 valence electrons. The first-order valence-corrected chi connectivity index (χ1v) is 9.56. The van der Waals surface area contributed by atoms with Gasteiger partial charge >= 0.3 is 0 Å². The monoisotopic (exact) mass is 349 g/mol. The molecule has 1 fully saturated rings. The predicted molar refractivity (Wildman–Crippen MR) is 93.4 cm³/mol. The minimum absolute atomic E-state index is 0.132. The molecule has 1 atom stereocenters. The molecule has 0 N–H and O–H groups in total. The van der Waals surface area contributed by atoms with Crippen LogP contribution in [-0.2, 0) is 14.8 Å². The lowest BCUT2D eigenvalue weighted by Gasteiger charge is -2.32. The number of sulfonamides is 1. The van der Waals surface area contributed by atoms with Crippen molar-refractivity contribution in [1.82, 2.24) is 14.2 Å². The van der Waals surface area contributed by atoms with Crippen molar-refractivity contribution in [3.63, 3.8) is 0 Å². The Morgan fingerprint density at radius 3 is 2.71 bits per heavy atom. The molecule has 7 heteroatoms. The summed E-state index contributed by atoms with van der Waals surface area (Å²) in [5.74, 6) is 0. The van der Waals surface area contributed by atoms with Crippen molar-refractivity contribution in [2.24, 2.45) is 0 Å². The lowest BCUT2D eigenvalue weighted by Crippen LogP contribution is -2.46. The molecule has 24 heavy (non-hydrogen) atoms. The van der Waals surface area contributed by atoms with Crippen LogP contribution in [0.1, 0.15) is 6.92 Å². The lowest BCUT2D eigenvalue weighted by molar-refractivity contribution is 0.0314. The number of aromatic nitrogens is 1. The SMILES string of the molecule is CC(CN1CCOCC1)N(C)S(=O)(=O)c1cccc2cccnc12. The fourth-order valence-electron chi connectivity index (χ4n) is 2.95. The van der Waals surface area contributed by atoms with E-state index < -0.39 is 10.0 Å². The maximum Gasteiger partial charge on any atom is 0.245 e. The highest BCUT2D eigenvalue weighted by Crippen LogP contribution is 2.24. The van der Waals surface area contributed by atoms with Crippen molar-refractivity contribution in [2.45, 2.75) is 17.9 Å². The van der Waals surface area contributed by atoms with Crippen molar-refractivity contribution >= 4 is 20.9 Å². The van der Waals surface area contributed by atoms with Gasteiger partial charge in [0.05, 0.1) is 18.7 Å². The first-order valence-electron chi connectivity index (χ1n) is 8.12. The molecule has 2 aromatic rings. The van der Waals surface area contributed by atoms with Gasteiger partial charge in [-0.05, 0) is 19.1 Å². The van der Waals surface area contributed by atoms with E-state index in [1.54, 1.807) is 25.4 Å². The Labute approximate surface area is 143 Å². The van der Waals surface area contributed by atoms with E-state index in [4.69, 9.17) is 4.74 Å². The molecule has 2 heterocycles. The van der Waals surface area contributed by atoms with Crippen LogP contribution < -0.4 is 0 Å². The van der Waals surface area contributed by atoms with Gasteiger partial charge in [-0.15, -0.1) is 0 Å². The van der Waals surface area contributed by atoms with E-state index >= 15 is 0 Å². The van der Waals surface area contributed by atoms with Crippen LogP contribution in [-0.4, -0.2) is 68.5 Å². The third kappa shape index (κ3) is 3.44. The van der Waals surface area contributed by atoms with Crippen molar-refractivity contribution in [3.8, 4) is 0 Å². The van der Waals surface area contributed by atoms with Crippen LogP contribution >= 0.6 is 0 Å². The topological polar surface area (TPSA) is 62.7 Å². The number of pyridine rings is 1. The number of para-hydroxylation sites is 1. The quantitative estimate of drug-likeness (QED) is 0.820. The van der Waals surface area contributed by atoms with E-state index in [0.29, 0.717) is 25.3 Å². The number of morpholine rings is 1. The van der Waals surface area contributed by atoms with Gasteiger partial charge in [0.25, 0.3) is 0 Å². The summed E-state index contributed by atoms with van der Waals surface area (Å²) in [6, 6.07) is 8.81. The van der Waals surface area contributed by atoms with Gasteiger partial charge < -0.3 is 4.74 Å². The Bertz CT molecular complexity index is 798. The summed E-state index contributed by atoms with van der Waals surface area (Å²) in [4.78, 5) is 6.77. The van der Waals surface area contributed by atoms with Crippen LogP contribution in [0.2, 0.25) is 0 Å². The van der Waals surface area contributed by atoms with Gasteiger partial charge in [0, 0.05) is 44.3 Å². The highest BCUT2D eigenvalue weighted by molar-refractivity contribution is 7.89. The van der Waals surface area contributed by atoms with E-state index in [2.05, 4.69) is 9.88 Å². The summed E-state index contributed by atoms with van der Waals surface area (Å²) in [6.45, 7) is 5.72. The smallest absolute Gasteiger partial charge is 0.245 e. The number of benzene rings is 1. The lowest BCUT2D eigenvalue weighted by atomic mass is 10.2. The van der Waals surface area contributed by atoms with E-state index in [1.807, 2.05) is 25.1 Å². The second kappa shape index (κ2) is 7.14. The molecule has 0 saturated carbocycles. The molecule has 6 nitrogen and oxygen atoms in total. The Balaban J connectivity index is 1.85. The normalized spacial score (nSPS) is 18.1. The van der Waals surface area contributed by atoms with E-state index in [-0.39, 0.29) is 10.9 Å². The molecule has 1 aliphatic heterocycles. The molecule has 0 aliphatic carbocycles. The Morgan fingerprint density at radius 2 is 1.96 bits per heavy atom. The van der Waals surface area contributed by atoms with Crippen LogP contribution in [0.5, 0.6) is 0 Å². The zero-order chi connectivity index (χ0) is 17.2. The second-order valence-corrected chi connectivity index (χ2v) is 8.08. The number of fused-ring (bicyclic) bond motifs is 1. The molecule has 0 spiro atoms. The van der Waals surface area contributed by atoms with Gasteiger partial charge in [0.2, 0.25) is 10.0 Å². The van der Waals surface area contributed by atoms with Crippen LogP contribution in [0.25, 0.3) is 10.9 Å². The molecule has 0 radical (unpaired) electrons. The molecule has 1 aromatic heterocycles. The van der Waals surface area contributed by atoms with Gasteiger partial charge in [0.1, 0.15) is 4.90 Å². The first-order chi connectivity index (χ1) is 11.5. The summed E-state index contributed by atoms with van der Waals surface area (Å²) < 4.78 is 32.9. The number of ether oxygens (including phenoxy) is 1. The zero-order valence-corrected chi connectivity index (χ0v) is 14.9. The molecule has 0 bridgehead atoms. The number of likely N-dealkylation sites (N-methyl/N-ethyl adjacent to an activating group) is 1. The number of hydrogen-bond donors (Lipinski definition) is 0. The number of nitrogens with zero attached hydrogens (tertiary/aromatic N) is 3. The average Bonchev–Trinajstić information content (AvgIpc) is 2.61. The fourth-order valence-corrected chi connectivity index (χ4v) is 4.46. The van der Waals surface area contributed by atoms with Crippen molar-refractivity contribution in [1.29, 1.82) is 0 Å². The molecule has 0 amide bonds. The highest BCUT2D eigenvalue weighted by atomic mass is 32.2. The van der Waals surface area contributed by atoms with E-state index in [9.17, 15) is 8.42 Å². The summed E-state index contributed by atoms with van der Waals surface area (Å²) in [6.07, 6.45) is 1.62. The Kier molecular flexibility index (Phi) is 5.15. The predicted octanol–water partition coefficient (Wildman–Crippen LogP) is 1.58. The maximum absolute atomic E-state index is 13.1. The summed E-state index contributed by atoms with van der Waals surface area (Å²) in [5, 5.41) is 0.827. The second-order valence-electron chi connectivity index (χ2n) is 6.11. The standard InChI is InChI=1S/C17H23N3O3S/c1-14(13-20-9-11-23-12-10-20)19(2)24(21,22)16-7-3-5-15-6-4-8-18-17(15)16/h3-8,14H,9-13H2,1-2H3. The molecular weight excluding hydrogens is 326 g/mol. The first kappa shape index (κ1) is 17.3. The molecule has 3 rings (SSSR count). The van der Waals surface area contributed by atoms with Crippen molar-refractivity contribution in [2.75, 3.05) is 39.9 Å². The third-order valence-corrected chi connectivity index (χ3v) is 6.50. The Morgan fingerprint density at radius 1 is 1.25 bits per heavy atom. The summed E-state index contributed by atoms with van der Waals surface area (Å²) >= 11 is 0. The highest BCUT2D eigenvalue weighted by Gasteiger charge is 2.28. The molecule has 1 aliphatic rings. The molecule has 1 unspecified atom stereocenters. The average molecular weight is 349 g/mol. The van der Waals surface area contributed by atoms with Crippen LogP contribution in [0.4, 0.5) is 0 Å². The van der Waals surface area contributed by atoms with Gasteiger partial charge in [0.15, 0.2) is 0 Å². The number of rotatable bonds is 5. The molecule has 1 saturated heterocycles. The van der Waals surface area contributed by atoms with Crippen LogP contribution in [0.15, 0.2) is 41.4 Å². The molecule has 1 aromatic carbocycles. The zero-order valence-electron chi connectivity index (χ0n) is 14.1. The maximum atomic E-state index is 13.1. The minimum atomic E-state index is -3.60. The number of hydrogen-bond acceptors (Lipinski definition) is 5. The summed E-state index contributed by atoms with van der Waals surface area (Å²) in [5.41, 5.74) is 0.519.